The van der Waals surface area contributed by atoms with Crippen LogP contribution in [0.1, 0.15) is 6.42 Å². The number of carbonyl (C=O) groups excluding carboxylic acids is 1. The maximum Gasteiger partial charge on any atom is 0.293 e. The van der Waals surface area contributed by atoms with Crippen LogP contribution in [0.2, 0.25) is 0 Å². The number of piperidine rings is 1. The Morgan fingerprint density at radius 2 is 2.45 bits per heavy atom. The van der Waals surface area contributed by atoms with E-state index >= 15 is 0 Å². The third-order valence-electron chi connectivity index (χ3n) is 1.80. The molecular formula is C6H10BFNO2. The van der Waals surface area contributed by atoms with Crippen LogP contribution in [-0.4, -0.2) is 48.9 Å². The van der Waals surface area contributed by atoms with Crippen LogP contribution in [0.15, 0.2) is 0 Å². The van der Waals surface area contributed by atoms with E-state index in [1.165, 1.54) is 7.41 Å². The summed E-state index contributed by atoms with van der Waals surface area (Å²) in [5, 5.41) is 9.02. The quantitative estimate of drug-likeness (QED) is 0.422. The zero-order chi connectivity index (χ0) is 8.27. The number of aliphatic hydroxyl groups excluding tert-OH is 1. The van der Waals surface area contributed by atoms with E-state index < -0.39 is 12.3 Å². The van der Waals surface area contributed by atoms with Gasteiger partial charge in [-0.2, -0.15) is 0 Å². The fourth-order valence-electron chi connectivity index (χ4n) is 1.15. The van der Waals surface area contributed by atoms with E-state index in [2.05, 4.69) is 0 Å². The lowest BCUT2D eigenvalue weighted by molar-refractivity contribution is 0.0292. The summed E-state index contributed by atoms with van der Waals surface area (Å²) < 4.78 is 12.6. The van der Waals surface area contributed by atoms with Crippen LogP contribution in [0.5, 0.6) is 0 Å². The maximum absolute atomic E-state index is 12.6. The molecule has 0 aromatic carbocycles. The highest BCUT2D eigenvalue weighted by Crippen LogP contribution is 2.12. The molecule has 61 valence electrons. The second-order valence-electron chi connectivity index (χ2n) is 2.65. The molecule has 0 spiro atoms. The van der Waals surface area contributed by atoms with E-state index in [0.717, 1.165) is 0 Å². The van der Waals surface area contributed by atoms with Crippen LogP contribution in [0.25, 0.3) is 0 Å². The maximum atomic E-state index is 12.6. The van der Waals surface area contributed by atoms with Crippen LogP contribution in [-0.2, 0) is 4.79 Å². The average Bonchev–Trinajstić information content (AvgIpc) is 1.98. The Labute approximate surface area is 65.4 Å². The number of hydrogen-bond acceptors (Lipinski definition) is 3. The molecule has 1 radical (unpaired) electrons. The van der Waals surface area contributed by atoms with Crippen molar-refractivity contribution in [1.82, 2.24) is 4.81 Å². The Bertz CT molecular complexity index is 147. The van der Waals surface area contributed by atoms with Crippen molar-refractivity contribution in [1.29, 1.82) is 0 Å². The molecule has 1 aliphatic rings. The molecule has 1 N–H and O–H groups in total. The molecule has 0 aromatic heterocycles. The lowest BCUT2D eigenvalue weighted by Crippen LogP contribution is -2.46. The third-order valence-corrected chi connectivity index (χ3v) is 1.80. The number of halogens is 1. The number of nitrogens with zero attached hydrogens (tertiary/aromatic N) is 1. The van der Waals surface area contributed by atoms with Gasteiger partial charge < -0.3 is 14.7 Å². The molecule has 0 aromatic rings. The summed E-state index contributed by atoms with van der Waals surface area (Å²) in [6, 6.07) is 0. The number of alkyl halides is 1. The van der Waals surface area contributed by atoms with Gasteiger partial charge in [-0.15, -0.1) is 0 Å². The van der Waals surface area contributed by atoms with Gasteiger partial charge in [0.1, 0.15) is 6.17 Å². The Hall–Kier alpha value is -0.415. The van der Waals surface area contributed by atoms with Crippen LogP contribution >= 0.6 is 0 Å². The number of rotatable bonds is 2. The first-order chi connectivity index (χ1) is 5.24. The summed E-state index contributed by atoms with van der Waals surface area (Å²) in [5.74, 6) is 0. The molecule has 1 rings (SSSR count). The van der Waals surface area contributed by atoms with E-state index in [1.54, 1.807) is 4.81 Å². The lowest BCUT2D eigenvalue weighted by atomic mass is 9.90. The first-order valence-corrected chi connectivity index (χ1v) is 3.59. The Morgan fingerprint density at radius 1 is 1.73 bits per heavy atom. The van der Waals surface area contributed by atoms with E-state index in [-0.39, 0.29) is 6.54 Å². The van der Waals surface area contributed by atoms with Crippen molar-refractivity contribution in [3.05, 3.63) is 0 Å². The van der Waals surface area contributed by atoms with Crippen LogP contribution in [0.4, 0.5) is 4.39 Å². The van der Waals surface area contributed by atoms with Gasteiger partial charge in [-0.25, -0.2) is 4.39 Å². The standard InChI is InChI=1S/C6H10BFNO2/c8-5-1-2-9(7-4-10)3-6(5)11/h4-6,11H,1-3H2/t5-,6+/m1/s1. The molecule has 11 heavy (non-hydrogen) atoms. The molecule has 0 bridgehead atoms. The van der Waals surface area contributed by atoms with Gasteiger partial charge in [-0.1, -0.05) is 0 Å². The first kappa shape index (κ1) is 8.68. The molecule has 3 nitrogen and oxygen atoms in total. The van der Waals surface area contributed by atoms with Crippen molar-refractivity contribution >= 4 is 13.6 Å². The highest BCUT2D eigenvalue weighted by atomic mass is 19.1. The smallest absolute Gasteiger partial charge is 0.293 e. The summed E-state index contributed by atoms with van der Waals surface area (Å²) in [6.45, 7) is 0.733. The molecule has 0 saturated carbocycles. The third kappa shape index (κ3) is 2.27. The summed E-state index contributed by atoms with van der Waals surface area (Å²) in [6.07, 6.45) is -1.14. The number of β-amino-alcohol motifs (C(OH)–C–C–N with tert-alkyl or cyclic N) is 1. The monoisotopic (exact) mass is 158 g/mol. The fourth-order valence-corrected chi connectivity index (χ4v) is 1.15. The first-order valence-electron chi connectivity index (χ1n) is 3.59. The van der Waals surface area contributed by atoms with Crippen LogP contribution < -0.4 is 0 Å². The van der Waals surface area contributed by atoms with E-state index in [9.17, 15) is 9.18 Å². The largest absolute Gasteiger partial charge is 0.389 e. The summed E-state index contributed by atoms with van der Waals surface area (Å²) >= 11 is 0. The number of hydrogen-bond donors (Lipinski definition) is 1. The SMILES string of the molecule is O=C[B]N1CC[C@@H](F)[C@@H](O)C1. The second kappa shape index (κ2) is 3.83. The van der Waals surface area contributed by atoms with Crippen LogP contribution in [0, 0.1) is 0 Å². The lowest BCUT2D eigenvalue weighted by Gasteiger charge is -2.30. The van der Waals surface area contributed by atoms with Gasteiger partial charge in [0.25, 0.3) is 7.41 Å². The van der Waals surface area contributed by atoms with Crippen molar-refractivity contribution < 1.29 is 14.3 Å². The number of carbonyl (C=O) groups is 1. The molecule has 1 saturated heterocycles. The number of aliphatic hydroxyl groups is 1. The van der Waals surface area contributed by atoms with Gasteiger partial charge in [-0.3, -0.25) is 0 Å². The zero-order valence-electron chi connectivity index (χ0n) is 6.11. The van der Waals surface area contributed by atoms with E-state index in [1.807, 2.05) is 0 Å². The van der Waals surface area contributed by atoms with Crippen LogP contribution in [0.3, 0.4) is 0 Å². The molecule has 2 atom stereocenters. The molecule has 1 fully saturated rings. The minimum Gasteiger partial charge on any atom is -0.389 e. The van der Waals surface area contributed by atoms with Crippen molar-refractivity contribution in [2.75, 3.05) is 13.1 Å². The minimum absolute atomic E-state index is 0.222. The Morgan fingerprint density at radius 3 is 3.00 bits per heavy atom. The van der Waals surface area contributed by atoms with Gasteiger partial charge in [0.05, 0.1) is 12.3 Å². The average molecular weight is 158 g/mol. The van der Waals surface area contributed by atoms with E-state index in [4.69, 9.17) is 5.11 Å². The highest BCUT2D eigenvalue weighted by Gasteiger charge is 2.26. The van der Waals surface area contributed by atoms with E-state index in [0.29, 0.717) is 19.2 Å². The minimum atomic E-state index is -1.13. The predicted molar refractivity (Wildman–Crippen MR) is 39.6 cm³/mol. The fraction of sp³-hybridized carbons (Fsp3) is 0.833. The molecule has 5 heteroatoms. The summed E-state index contributed by atoms with van der Waals surface area (Å²) in [7, 11) is 1.33. The molecule has 0 unspecified atom stereocenters. The van der Waals surface area contributed by atoms with Gasteiger partial charge in [0, 0.05) is 6.54 Å². The molecule has 0 amide bonds. The van der Waals surface area contributed by atoms with Gasteiger partial charge in [0.2, 0.25) is 0 Å². The zero-order valence-corrected chi connectivity index (χ0v) is 6.11. The second-order valence-corrected chi connectivity index (χ2v) is 2.65. The van der Waals surface area contributed by atoms with Crippen molar-refractivity contribution in [3.8, 4) is 0 Å². The molecule has 1 heterocycles. The topological polar surface area (TPSA) is 40.5 Å². The summed E-state index contributed by atoms with van der Waals surface area (Å²) in [5.41, 5.74) is 0. The molecule has 1 aliphatic heterocycles. The van der Waals surface area contributed by atoms with Crippen molar-refractivity contribution in [3.63, 3.8) is 0 Å². The van der Waals surface area contributed by atoms with Gasteiger partial charge >= 0.3 is 0 Å². The van der Waals surface area contributed by atoms with Gasteiger partial charge in [0.15, 0.2) is 0 Å². The highest BCUT2D eigenvalue weighted by molar-refractivity contribution is 6.64. The summed E-state index contributed by atoms with van der Waals surface area (Å²) in [4.78, 5) is 11.6. The van der Waals surface area contributed by atoms with Crippen molar-refractivity contribution in [2.45, 2.75) is 18.7 Å². The Kier molecular flexibility index (Phi) is 3.02. The van der Waals surface area contributed by atoms with Gasteiger partial charge in [-0.05, 0) is 13.0 Å². The predicted octanol–water partition coefficient (Wildman–Crippen LogP) is -0.800. The normalized spacial score (nSPS) is 33.3. The molecular weight excluding hydrogens is 148 g/mol. The van der Waals surface area contributed by atoms with Crippen molar-refractivity contribution in [2.24, 2.45) is 0 Å². The Balaban J connectivity index is 2.33. The molecule has 0 aliphatic carbocycles.